The number of rotatable bonds is 5. The Labute approximate surface area is 161 Å². The lowest BCUT2D eigenvalue weighted by molar-refractivity contribution is 0.0730. The van der Waals surface area contributed by atoms with E-state index >= 15 is 0 Å². The Bertz CT molecular complexity index is 899. The predicted octanol–water partition coefficient (Wildman–Crippen LogP) is 3.53. The summed E-state index contributed by atoms with van der Waals surface area (Å²) in [4.78, 5) is 0.265. The monoisotopic (exact) mass is 442 g/mol. The highest BCUT2D eigenvalue weighted by atomic mass is 79.9. The Morgan fingerprint density at radius 3 is 2.62 bits per heavy atom. The zero-order valence-electron chi connectivity index (χ0n) is 14.3. The average Bonchev–Trinajstić information content (AvgIpc) is 2.63. The molecule has 0 aromatic heterocycles. The zero-order chi connectivity index (χ0) is 18.7. The molecule has 2 aromatic rings. The molecule has 3 rings (SSSR count). The number of morpholine rings is 1. The van der Waals surface area contributed by atoms with Crippen molar-refractivity contribution in [3.8, 4) is 0 Å². The maximum absolute atomic E-state index is 13.9. The van der Waals surface area contributed by atoms with E-state index in [2.05, 4.69) is 21.2 Å². The van der Waals surface area contributed by atoms with Crippen molar-refractivity contribution in [2.75, 3.05) is 31.6 Å². The number of ether oxygens (including phenoxy) is 1. The minimum Gasteiger partial charge on any atom is -0.381 e. The van der Waals surface area contributed by atoms with Crippen molar-refractivity contribution in [1.29, 1.82) is 0 Å². The number of hydrogen-bond donors (Lipinski definition) is 1. The Hall–Kier alpha value is -1.48. The Kier molecular flexibility index (Phi) is 5.96. The summed E-state index contributed by atoms with van der Waals surface area (Å²) in [6.45, 7) is 3.54. The molecular formula is C18H20BrFN2O3S. The molecule has 5 nitrogen and oxygen atoms in total. The SMILES string of the molecule is Cc1ccc(NCc2ccc(Br)cc2F)cc1S(=O)(=O)N1CCOCC1. The molecule has 1 fully saturated rings. The number of sulfonamides is 1. The molecule has 0 atom stereocenters. The topological polar surface area (TPSA) is 58.6 Å². The summed E-state index contributed by atoms with van der Waals surface area (Å²) in [5.74, 6) is -0.319. The highest BCUT2D eigenvalue weighted by molar-refractivity contribution is 9.10. The minimum atomic E-state index is -3.58. The van der Waals surface area contributed by atoms with Crippen LogP contribution in [-0.4, -0.2) is 39.0 Å². The van der Waals surface area contributed by atoms with Crippen LogP contribution in [-0.2, 0) is 21.3 Å². The van der Waals surface area contributed by atoms with Crippen molar-refractivity contribution >= 4 is 31.6 Å². The molecule has 1 heterocycles. The van der Waals surface area contributed by atoms with E-state index in [1.54, 1.807) is 37.3 Å². The van der Waals surface area contributed by atoms with Gasteiger partial charge in [-0.25, -0.2) is 12.8 Å². The smallest absolute Gasteiger partial charge is 0.243 e. The van der Waals surface area contributed by atoms with Crippen LogP contribution >= 0.6 is 15.9 Å². The van der Waals surface area contributed by atoms with Crippen LogP contribution in [0.2, 0.25) is 0 Å². The molecule has 0 spiro atoms. The van der Waals surface area contributed by atoms with Crippen LogP contribution in [0.1, 0.15) is 11.1 Å². The van der Waals surface area contributed by atoms with Crippen molar-refractivity contribution in [2.24, 2.45) is 0 Å². The van der Waals surface area contributed by atoms with Crippen molar-refractivity contribution in [2.45, 2.75) is 18.4 Å². The Morgan fingerprint density at radius 2 is 1.92 bits per heavy atom. The minimum absolute atomic E-state index is 0.263. The molecule has 0 saturated carbocycles. The summed E-state index contributed by atoms with van der Waals surface area (Å²) in [6, 6.07) is 10.0. The Morgan fingerprint density at radius 1 is 1.19 bits per heavy atom. The lowest BCUT2D eigenvalue weighted by Crippen LogP contribution is -2.40. The lowest BCUT2D eigenvalue weighted by atomic mass is 10.2. The second-order valence-corrected chi connectivity index (χ2v) is 8.91. The fraction of sp³-hybridized carbons (Fsp3) is 0.333. The van der Waals surface area contributed by atoms with Gasteiger partial charge in [-0.1, -0.05) is 28.1 Å². The highest BCUT2D eigenvalue weighted by Gasteiger charge is 2.27. The van der Waals surface area contributed by atoms with Crippen molar-refractivity contribution in [3.63, 3.8) is 0 Å². The number of benzene rings is 2. The van der Waals surface area contributed by atoms with Crippen LogP contribution < -0.4 is 5.32 Å². The summed E-state index contributed by atoms with van der Waals surface area (Å²) >= 11 is 3.23. The van der Waals surface area contributed by atoms with E-state index in [9.17, 15) is 12.8 Å². The molecule has 0 radical (unpaired) electrons. The average molecular weight is 443 g/mol. The number of halogens is 2. The maximum atomic E-state index is 13.9. The third kappa shape index (κ3) is 4.25. The van der Waals surface area contributed by atoms with Gasteiger partial charge in [0.15, 0.2) is 0 Å². The van der Waals surface area contributed by atoms with Gasteiger partial charge in [-0.15, -0.1) is 0 Å². The number of nitrogens with zero attached hydrogens (tertiary/aromatic N) is 1. The van der Waals surface area contributed by atoms with E-state index in [-0.39, 0.29) is 17.3 Å². The van der Waals surface area contributed by atoms with E-state index in [1.165, 1.54) is 10.4 Å². The summed E-state index contributed by atoms with van der Waals surface area (Å²) in [7, 11) is -3.58. The lowest BCUT2D eigenvalue weighted by Gasteiger charge is -2.27. The van der Waals surface area contributed by atoms with E-state index in [1.807, 2.05) is 0 Å². The van der Waals surface area contributed by atoms with Gasteiger partial charge >= 0.3 is 0 Å². The molecule has 1 N–H and O–H groups in total. The van der Waals surface area contributed by atoms with Gasteiger partial charge in [0.05, 0.1) is 18.1 Å². The van der Waals surface area contributed by atoms with Crippen LogP contribution in [0.4, 0.5) is 10.1 Å². The van der Waals surface area contributed by atoms with Gasteiger partial charge in [0.1, 0.15) is 5.82 Å². The maximum Gasteiger partial charge on any atom is 0.243 e. The standard InChI is InChI=1S/C18H20BrFN2O3S/c1-13-2-5-16(21-12-14-3-4-15(19)10-17(14)20)11-18(13)26(23,24)22-6-8-25-9-7-22/h2-5,10-11,21H,6-9,12H2,1H3. The normalized spacial score (nSPS) is 15.8. The van der Waals surface area contributed by atoms with E-state index in [0.717, 1.165) is 0 Å². The van der Waals surface area contributed by atoms with E-state index in [0.29, 0.717) is 47.6 Å². The van der Waals surface area contributed by atoms with Gasteiger partial charge in [0.25, 0.3) is 0 Å². The molecule has 0 unspecified atom stereocenters. The number of nitrogens with one attached hydrogen (secondary N) is 1. The first-order valence-electron chi connectivity index (χ1n) is 8.24. The molecule has 8 heteroatoms. The van der Waals surface area contributed by atoms with Gasteiger partial charge in [0, 0.05) is 35.4 Å². The summed E-state index contributed by atoms with van der Waals surface area (Å²) < 4.78 is 47.1. The third-order valence-electron chi connectivity index (χ3n) is 4.27. The molecular weight excluding hydrogens is 423 g/mol. The van der Waals surface area contributed by atoms with E-state index in [4.69, 9.17) is 4.74 Å². The predicted molar refractivity (Wildman–Crippen MR) is 102 cm³/mol. The fourth-order valence-corrected chi connectivity index (χ4v) is 4.77. The molecule has 1 aliphatic rings. The van der Waals surface area contributed by atoms with Crippen molar-refractivity contribution in [1.82, 2.24) is 4.31 Å². The molecule has 1 saturated heterocycles. The number of aryl methyl sites for hydroxylation is 1. The van der Waals surface area contributed by atoms with Crippen LogP contribution in [0.25, 0.3) is 0 Å². The molecule has 0 bridgehead atoms. The highest BCUT2D eigenvalue weighted by Crippen LogP contribution is 2.25. The van der Waals surface area contributed by atoms with Gasteiger partial charge in [-0.05, 0) is 36.8 Å². The zero-order valence-corrected chi connectivity index (χ0v) is 16.7. The first-order chi connectivity index (χ1) is 12.4. The summed E-state index contributed by atoms with van der Waals surface area (Å²) in [6.07, 6.45) is 0. The number of anilines is 1. The largest absolute Gasteiger partial charge is 0.381 e. The Balaban J connectivity index is 1.81. The molecule has 26 heavy (non-hydrogen) atoms. The first kappa shape index (κ1) is 19.3. The van der Waals surface area contributed by atoms with Gasteiger partial charge in [-0.2, -0.15) is 4.31 Å². The molecule has 140 valence electrons. The van der Waals surface area contributed by atoms with Gasteiger partial charge < -0.3 is 10.1 Å². The molecule has 0 amide bonds. The summed E-state index contributed by atoms with van der Waals surface area (Å²) in [5, 5.41) is 3.10. The van der Waals surface area contributed by atoms with Crippen LogP contribution in [0, 0.1) is 12.7 Å². The quantitative estimate of drug-likeness (QED) is 0.769. The van der Waals surface area contributed by atoms with E-state index < -0.39 is 10.0 Å². The van der Waals surface area contributed by atoms with Crippen LogP contribution in [0.5, 0.6) is 0 Å². The fourth-order valence-electron chi connectivity index (χ4n) is 2.78. The third-order valence-corrected chi connectivity index (χ3v) is 6.81. The van der Waals surface area contributed by atoms with Gasteiger partial charge in [-0.3, -0.25) is 0 Å². The van der Waals surface area contributed by atoms with Crippen molar-refractivity contribution in [3.05, 3.63) is 57.8 Å². The molecule has 0 aliphatic carbocycles. The van der Waals surface area contributed by atoms with Crippen LogP contribution in [0.15, 0.2) is 45.8 Å². The number of hydrogen-bond acceptors (Lipinski definition) is 4. The molecule has 1 aliphatic heterocycles. The summed E-state index contributed by atoms with van der Waals surface area (Å²) in [5.41, 5.74) is 1.81. The second-order valence-electron chi connectivity index (χ2n) is 6.09. The van der Waals surface area contributed by atoms with Crippen LogP contribution in [0.3, 0.4) is 0 Å². The second kappa shape index (κ2) is 8.04. The molecule has 2 aromatic carbocycles. The van der Waals surface area contributed by atoms with Gasteiger partial charge in [0.2, 0.25) is 10.0 Å². The first-order valence-corrected chi connectivity index (χ1v) is 10.5. The van der Waals surface area contributed by atoms with Crippen molar-refractivity contribution < 1.29 is 17.5 Å².